The van der Waals surface area contributed by atoms with Gasteiger partial charge in [0.2, 0.25) is 0 Å². The molecule has 0 aliphatic carbocycles. The second-order valence-electron chi connectivity index (χ2n) is 29.4. The maximum absolute atomic E-state index is 13.5. The second-order valence-corrected chi connectivity index (χ2v) is 31.6. The number of nitrogens with two attached hydrogens (primary N) is 1. The number of carbonyl (C=O) groups is 5. The Morgan fingerprint density at radius 1 is 0.480 bits per heavy atom. The minimum atomic E-state index is -1.08. The summed E-state index contributed by atoms with van der Waals surface area (Å²) in [6.07, 6.45) is 12.3. The number of rotatable bonds is 22. The molecule has 0 aliphatic heterocycles. The maximum atomic E-state index is 13.5. The van der Waals surface area contributed by atoms with Crippen molar-refractivity contribution in [2.75, 3.05) is 35.0 Å². The summed E-state index contributed by atoms with van der Waals surface area (Å²) in [6.45, 7) is 2.87. The third-order valence-corrected chi connectivity index (χ3v) is 20.9. The fourth-order valence-corrected chi connectivity index (χ4v) is 13.9. The van der Waals surface area contributed by atoms with Crippen LogP contribution in [-0.4, -0.2) is 130 Å². The molecule has 0 amide bonds. The predicted octanol–water partition coefficient (Wildman–Crippen LogP) is 12.2. The molecule has 5 N–H and O–H groups in total. The van der Waals surface area contributed by atoms with Crippen molar-refractivity contribution in [1.29, 1.82) is 0 Å². The van der Waals surface area contributed by atoms with Crippen LogP contribution in [0, 0.1) is 94.4 Å². The number of aliphatic hydroxyl groups is 1. The van der Waals surface area contributed by atoms with E-state index in [9.17, 15) is 86.7 Å². The molecule has 0 saturated carbocycles. The zero-order valence-corrected chi connectivity index (χ0v) is 95.0. The average Bonchev–Trinajstić information content (AvgIpc) is 1.52. The van der Waals surface area contributed by atoms with Crippen LogP contribution in [0.25, 0.3) is 66.9 Å². The number of ketones is 1. The second kappa shape index (κ2) is 65.7. The van der Waals surface area contributed by atoms with E-state index in [4.69, 9.17) is 46.0 Å². The Labute approximate surface area is 976 Å². The van der Waals surface area contributed by atoms with Crippen LogP contribution in [0.15, 0.2) is 298 Å². The summed E-state index contributed by atoms with van der Waals surface area (Å²) >= 11 is 10.3. The first-order valence-electron chi connectivity index (χ1n) is 42.9. The quantitative estimate of drug-likeness (QED) is 0.00563. The van der Waals surface area contributed by atoms with E-state index in [1.165, 1.54) is 91.7 Å². The van der Waals surface area contributed by atoms with E-state index < -0.39 is 82.8 Å². The van der Waals surface area contributed by atoms with Crippen molar-refractivity contribution in [3.05, 3.63) is 438 Å². The number of aryl methyl sites for hydroxylation is 1. The number of carboxylic acids is 1. The van der Waals surface area contributed by atoms with Gasteiger partial charge < -0.3 is 37.0 Å². The number of carboxylic acid groups (broad SMARTS) is 1. The first-order valence-corrected chi connectivity index (χ1v) is 44.5. The first kappa shape index (κ1) is 124. The van der Waals surface area contributed by atoms with Crippen LogP contribution >= 0.6 is 39.5 Å². The molecule has 43 heteroatoms. The van der Waals surface area contributed by atoms with E-state index in [-0.39, 0.29) is 245 Å². The van der Waals surface area contributed by atoms with Crippen molar-refractivity contribution in [2.45, 2.75) is 51.3 Å². The van der Waals surface area contributed by atoms with Gasteiger partial charge in [-0.3, -0.25) is 33.2 Å². The van der Waals surface area contributed by atoms with E-state index >= 15 is 0 Å². The number of ether oxygens (including phenoxy) is 2. The minimum absolute atomic E-state index is 0. The van der Waals surface area contributed by atoms with E-state index in [2.05, 4.69) is 90.2 Å². The van der Waals surface area contributed by atoms with Gasteiger partial charge in [0, 0.05) is 130 Å². The fraction of sp³-hybridized carbons (Fsp3) is 0.124. The van der Waals surface area contributed by atoms with Gasteiger partial charge in [0.25, 0.3) is 28.7 Å². The molecule has 0 radical (unpaired) electrons. The SMILES string of the molecule is C#CCCC(=O)c1cccc(Cn2nc(-c3cc(F)cc(F)c3)ccc2=O)c1.C#CCN.CO.COC(=O)c1cccc(CBr)c1.COC(=O)c1cccc(Cn2nc(-c3cc(F)cc(F)c3)ccc2=O)c1.Cc1cnc(-c2cccc(Cn3nc(-c4cc(F)cc(F)c4)ccc3=S)c2)s1.O=C(O)c1cccc(Cn2nc(-c3cc(F)cc(F)c3)ccc2=O)c1.O=CO[O-].O=c1ccc(-c2cc(F)cc(F)c2)n[nH]1.[2H]CF.[Cs+].[Cs+].[H-]. The normalized spacial score (nSPS) is 9.97. The molecule has 0 saturated heterocycles. The number of benzene rings is 10. The Kier molecular flexibility index (Phi) is 54.9. The number of hydrogen-bond acceptors (Lipinski definition) is 23. The summed E-state index contributed by atoms with van der Waals surface area (Å²) in [5.41, 5.74) is 12.6. The van der Waals surface area contributed by atoms with Gasteiger partial charge in [-0.05, 0) is 180 Å². The van der Waals surface area contributed by atoms with Crippen LogP contribution in [0.5, 0.6) is 0 Å². The molecule has 0 spiro atoms. The van der Waals surface area contributed by atoms with Crippen LogP contribution < -0.4 is 171 Å². The van der Waals surface area contributed by atoms with Crippen LogP contribution in [0.2, 0.25) is 0 Å². The smallest absolute Gasteiger partial charge is 1.00 e. The topological polar surface area (TPSA) is 384 Å². The number of nitrogens with one attached hydrogen (secondary N) is 1. The first-order chi connectivity index (χ1) is 70.5. The summed E-state index contributed by atoms with van der Waals surface area (Å²) in [6, 6.07) is 64.4. The largest absolute Gasteiger partial charge is 1.00 e. The van der Waals surface area contributed by atoms with E-state index in [1.807, 2.05) is 43.5 Å². The molecule has 754 valence electrons. The number of aromatic carboxylic acids is 1. The number of carbonyl (C=O) groups excluding carboxylic acids is 4. The van der Waals surface area contributed by atoms with E-state index in [0.29, 0.717) is 74.5 Å². The molecule has 6 aromatic heterocycles. The Hall–Kier alpha value is -13.0. The van der Waals surface area contributed by atoms with Gasteiger partial charge in [-0.25, -0.2) is 87.1 Å². The number of H-pyrrole nitrogens is 1. The number of hydrogen-bond donors (Lipinski definition) is 4. The minimum Gasteiger partial charge on any atom is -1.00 e. The maximum Gasteiger partial charge on any atom is 1.00 e. The number of aliphatic hydroxyl groups excluding tert-OH is 1. The molecule has 16 rings (SSSR count). The summed E-state index contributed by atoms with van der Waals surface area (Å²) < 4.78 is 164. The number of nitrogens with zero attached hydrogens (tertiary/aromatic N) is 10. The summed E-state index contributed by atoms with van der Waals surface area (Å²) in [4.78, 5) is 110. The third-order valence-electron chi connectivity index (χ3n) is 19.0. The fourth-order valence-electron chi connectivity index (χ4n) is 12.7. The summed E-state index contributed by atoms with van der Waals surface area (Å²) in [5, 5.41) is 49.0. The summed E-state index contributed by atoms with van der Waals surface area (Å²) in [5.74, 6) is -4.36. The number of alkyl halides is 2. The van der Waals surface area contributed by atoms with Crippen LogP contribution in [0.3, 0.4) is 0 Å². The van der Waals surface area contributed by atoms with Crippen molar-refractivity contribution in [3.8, 4) is 91.5 Å². The molecule has 16 aromatic rings. The van der Waals surface area contributed by atoms with Gasteiger partial charge in [0.05, 0.1) is 101 Å². The number of aromatic nitrogens is 11. The van der Waals surface area contributed by atoms with Crippen molar-refractivity contribution < 1.29 is 243 Å². The van der Waals surface area contributed by atoms with Crippen LogP contribution in [-0.2, 0) is 50.7 Å². The number of esters is 2. The standard InChI is InChI=1S/C22H16F2N2O2.C21H15F2N3S2.C19H14F2N2O3.C18H12F2N2O3.C10H6F2N2O.C9H9BrO2.C3H5N.CH3F.CH2O3.CH4O.2Cs.H/c1-2-3-7-21(27)16-6-4-5-15(10-16)14-26-22(28)9-8-20(25-26)17-11-18(23)13-19(24)12-17;1-13-11-24-21(28-13)15-4-2-3-14(7-15)12-26-20(27)6-5-19(25-26)16-8-17(22)10-18(23)9-16;1-26-19(25)13-4-2-3-12(7-13)11-23-18(24)6-5-17(22-23)14-8-15(20)10-16(21)9-14;19-14-7-13(8-15(20)9-14)16-4-5-17(23)22(21-16)10-11-2-1-3-12(6-11)18(24)25;11-7-3-6(4-8(12)5-7)9-1-2-10(15)14-13-9;1-12-9(11)8-4-2-3-7(5-8)6-10;1-2-3-4;1-2;2-1-4-3;1-2;;;/h1,4-6,8-13H,3,7,14H2;2-11H,12H2,1H3;2-10H,11H2,1H3;1-9H,10H2,(H,24,25);1-5H,(H,14,15);2-5H,6H2,1H3;1H,3-4H2;1H3;1,3H;2H,1H3;;;/q;;;;;;;;;;2*+1;-1/p-1/i;;;;;;;1D;;;;;. The number of aromatic amines is 1. The molecule has 0 atom stereocenters. The molecule has 0 unspecified atom stereocenters. The van der Waals surface area contributed by atoms with Gasteiger partial charge in [-0.1, -0.05) is 107 Å². The van der Waals surface area contributed by atoms with Crippen LogP contribution in [0.4, 0.5) is 48.3 Å². The van der Waals surface area contributed by atoms with Crippen molar-refractivity contribution in [2.24, 2.45) is 5.73 Å². The van der Waals surface area contributed by atoms with Gasteiger partial charge in [-0.15, -0.1) is 30.1 Å². The van der Waals surface area contributed by atoms with E-state index in [0.717, 1.165) is 127 Å². The molecule has 0 aliphatic rings. The zero-order valence-electron chi connectivity index (χ0n) is 81.3. The number of thiazole rings is 1. The number of Topliss-reactive ketones (excluding diaryl/α,β-unsaturated/α-hetero) is 1. The van der Waals surface area contributed by atoms with Gasteiger partial charge in [-0.2, -0.15) is 25.5 Å². The van der Waals surface area contributed by atoms with Gasteiger partial charge in [0.1, 0.15) is 67.8 Å². The van der Waals surface area contributed by atoms with Crippen molar-refractivity contribution in [3.63, 3.8) is 0 Å². The Morgan fingerprint density at radius 2 is 0.791 bits per heavy atom. The summed E-state index contributed by atoms with van der Waals surface area (Å²) in [7, 11) is 2.66. The number of methoxy groups -OCH3 is 2. The molecule has 0 fully saturated rings. The molecule has 0 bridgehead atoms. The predicted molar refractivity (Wildman–Crippen MR) is 531 cm³/mol. The van der Waals surface area contributed by atoms with E-state index in [1.54, 1.807) is 101 Å². The number of terminal acetylenes is 2. The van der Waals surface area contributed by atoms with Crippen LogP contribution in [0.1, 0.15) is 89.8 Å². The molecular weight excluding hydrogens is 2290 g/mol. The van der Waals surface area contributed by atoms with Crippen molar-refractivity contribution >= 4 is 69.6 Å². The van der Waals surface area contributed by atoms with Gasteiger partial charge >= 0.3 is 156 Å². The molecule has 10 aromatic carbocycles. The monoisotopic (exact) mass is 2370 g/mol. The number of halogens is 12. The molecular formula is C105H86BrCs2F11N12O15S2. The molecule has 6 heterocycles. The van der Waals surface area contributed by atoms with Crippen molar-refractivity contribution in [1.82, 2.24) is 54.3 Å². The Balaban J connectivity index is 0.000000370. The Bertz CT molecular complexity index is 7560. The third kappa shape index (κ3) is 41.6. The molecule has 27 nitrogen and oxygen atoms in total. The van der Waals surface area contributed by atoms with Gasteiger partial charge in [0.15, 0.2) is 5.78 Å². The Morgan fingerprint density at radius 3 is 1.12 bits per heavy atom. The average molecular weight is 2380 g/mol. The molecule has 148 heavy (non-hydrogen) atoms. The zero-order chi connectivity index (χ0) is 108.